The van der Waals surface area contributed by atoms with Crippen LogP contribution in [0.15, 0.2) is 54.6 Å². The van der Waals surface area contributed by atoms with Gasteiger partial charge in [-0.1, -0.05) is 30.3 Å². The molecule has 0 saturated carbocycles. The van der Waals surface area contributed by atoms with Crippen LogP contribution in [0.25, 0.3) is 5.69 Å². The average molecular weight is 329 g/mol. The van der Waals surface area contributed by atoms with Gasteiger partial charge in [0.1, 0.15) is 5.82 Å². The SMILES string of the molecule is N#Cc1ccc(-n2nc3c(c2N)CC(c2ccccc2)C(=O)N3)cc1. The van der Waals surface area contributed by atoms with Gasteiger partial charge < -0.3 is 11.1 Å². The molecule has 0 fully saturated rings. The largest absolute Gasteiger partial charge is 0.383 e. The van der Waals surface area contributed by atoms with Crippen LogP contribution < -0.4 is 11.1 Å². The summed E-state index contributed by atoms with van der Waals surface area (Å²) in [7, 11) is 0. The topological polar surface area (TPSA) is 96.7 Å². The van der Waals surface area contributed by atoms with Crippen LogP contribution in [-0.2, 0) is 11.2 Å². The third kappa shape index (κ3) is 2.52. The average Bonchev–Trinajstić information content (AvgIpc) is 2.97. The van der Waals surface area contributed by atoms with Crippen LogP contribution >= 0.6 is 0 Å². The summed E-state index contributed by atoms with van der Waals surface area (Å²) in [5, 5.41) is 16.2. The van der Waals surface area contributed by atoms with Gasteiger partial charge >= 0.3 is 0 Å². The number of rotatable bonds is 2. The third-order valence-electron chi connectivity index (χ3n) is 4.43. The number of nitrogens with one attached hydrogen (secondary N) is 1. The van der Waals surface area contributed by atoms with E-state index in [1.54, 1.807) is 28.9 Å². The van der Waals surface area contributed by atoms with Crippen molar-refractivity contribution in [1.82, 2.24) is 9.78 Å². The zero-order valence-corrected chi connectivity index (χ0v) is 13.3. The van der Waals surface area contributed by atoms with Crippen molar-refractivity contribution in [2.45, 2.75) is 12.3 Å². The predicted molar refractivity (Wildman–Crippen MR) is 94.2 cm³/mol. The Balaban J connectivity index is 1.72. The van der Waals surface area contributed by atoms with Crippen molar-refractivity contribution in [3.05, 3.63) is 71.3 Å². The first-order valence-electron chi connectivity index (χ1n) is 7.91. The molecule has 4 rings (SSSR count). The molecule has 1 aliphatic heterocycles. The lowest BCUT2D eigenvalue weighted by Crippen LogP contribution is -2.28. The van der Waals surface area contributed by atoms with E-state index < -0.39 is 0 Å². The molecule has 6 heteroatoms. The van der Waals surface area contributed by atoms with Crippen LogP contribution in [0.4, 0.5) is 11.6 Å². The van der Waals surface area contributed by atoms with Crippen LogP contribution in [0.3, 0.4) is 0 Å². The summed E-state index contributed by atoms with van der Waals surface area (Å²) in [6.07, 6.45) is 0.507. The fourth-order valence-corrected chi connectivity index (χ4v) is 3.09. The van der Waals surface area contributed by atoms with Crippen molar-refractivity contribution in [1.29, 1.82) is 5.26 Å². The second-order valence-electron chi connectivity index (χ2n) is 5.94. The van der Waals surface area contributed by atoms with Gasteiger partial charge in [0.25, 0.3) is 0 Å². The van der Waals surface area contributed by atoms with Crippen molar-refractivity contribution in [3.8, 4) is 11.8 Å². The number of nitriles is 1. The molecule has 0 radical (unpaired) electrons. The summed E-state index contributed by atoms with van der Waals surface area (Å²) >= 11 is 0. The standard InChI is InChI=1S/C19H15N5O/c20-11-12-6-8-14(9-7-12)24-17(21)16-10-15(13-4-2-1-3-5-13)19(25)22-18(16)23-24/h1-9,15H,10,21H2,(H,22,23,25). The van der Waals surface area contributed by atoms with E-state index in [0.717, 1.165) is 16.8 Å². The third-order valence-corrected chi connectivity index (χ3v) is 4.43. The Morgan fingerprint density at radius 2 is 1.88 bits per heavy atom. The fraction of sp³-hybridized carbons (Fsp3) is 0.105. The molecule has 122 valence electrons. The van der Waals surface area contributed by atoms with E-state index in [9.17, 15) is 4.79 Å². The van der Waals surface area contributed by atoms with Crippen molar-refractivity contribution < 1.29 is 4.79 Å². The lowest BCUT2D eigenvalue weighted by atomic mass is 9.89. The van der Waals surface area contributed by atoms with Crippen molar-refractivity contribution in [2.24, 2.45) is 0 Å². The summed E-state index contributed by atoms with van der Waals surface area (Å²) < 4.78 is 1.60. The Hall–Kier alpha value is -3.59. The number of carbonyl (C=O) groups is 1. The van der Waals surface area contributed by atoms with Crippen LogP contribution in [-0.4, -0.2) is 15.7 Å². The van der Waals surface area contributed by atoms with E-state index >= 15 is 0 Å². The van der Waals surface area contributed by atoms with E-state index in [1.165, 1.54) is 0 Å². The molecule has 1 amide bonds. The Morgan fingerprint density at radius 1 is 1.16 bits per heavy atom. The van der Waals surface area contributed by atoms with Crippen LogP contribution in [0, 0.1) is 11.3 Å². The molecule has 0 spiro atoms. The number of carbonyl (C=O) groups excluding carboxylic acids is 1. The summed E-state index contributed by atoms with van der Waals surface area (Å²) in [4.78, 5) is 12.5. The molecule has 1 aliphatic rings. The first-order valence-corrected chi connectivity index (χ1v) is 7.91. The van der Waals surface area contributed by atoms with Gasteiger partial charge in [0.2, 0.25) is 5.91 Å². The summed E-state index contributed by atoms with van der Waals surface area (Å²) in [5.74, 6) is 0.637. The van der Waals surface area contributed by atoms with Crippen LogP contribution in [0.1, 0.15) is 22.6 Å². The number of nitrogen functional groups attached to an aromatic ring is 1. The number of hydrogen-bond acceptors (Lipinski definition) is 4. The Bertz CT molecular complexity index is 983. The summed E-state index contributed by atoms with van der Waals surface area (Å²) in [6, 6.07) is 18.7. The maximum atomic E-state index is 12.5. The van der Waals surface area contributed by atoms with Gasteiger partial charge in [0.05, 0.1) is 23.2 Å². The Labute approximate surface area is 144 Å². The Morgan fingerprint density at radius 3 is 2.56 bits per heavy atom. The lowest BCUT2D eigenvalue weighted by Gasteiger charge is -2.21. The number of benzene rings is 2. The number of aromatic nitrogens is 2. The zero-order chi connectivity index (χ0) is 17.4. The maximum Gasteiger partial charge on any atom is 0.233 e. The summed E-state index contributed by atoms with van der Waals surface area (Å²) in [6.45, 7) is 0. The van der Waals surface area contributed by atoms with Crippen molar-refractivity contribution in [2.75, 3.05) is 11.1 Å². The Kier molecular flexibility index (Phi) is 3.47. The van der Waals surface area contributed by atoms with Gasteiger partial charge in [-0.25, -0.2) is 4.68 Å². The van der Waals surface area contributed by atoms with Crippen LogP contribution in [0.2, 0.25) is 0 Å². The molecule has 2 aromatic carbocycles. The number of nitrogens with two attached hydrogens (primary N) is 1. The van der Waals surface area contributed by atoms with E-state index in [1.807, 2.05) is 30.3 Å². The molecule has 6 nitrogen and oxygen atoms in total. The van der Waals surface area contributed by atoms with E-state index in [-0.39, 0.29) is 11.8 Å². The normalized spacial score (nSPS) is 16.0. The molecule has 1 unspecified atom stereocenters. The number of hydrogen-bond donors (Lipinski definition) is 2. The molecule has 3 N–H and O–H groups in total. The van der Waals surface area contributed by atoms with Gasteiger partial charge in [0.15, 0.2) is 5.82 Å². The van der Waals surface area contributed by atoms with Gasteiger partial charge in [-0.2, -0.15) is 5.26 Å². The first-order chi connectivity index (χ1) is 12.2. The monoisotopic (exact) mass is 329 g/mol. The first kappa shape index (κ1) is 15.0. The van der Waals surface area contributed by atoms with E-state index in [4.69, 9.17) is 11.0 Å². The smallest absolute Gasteiger partial charge is 0.233 e. The molecule has 1 aromatic heterocycles. The summed E-state index contributed by atoms with van der Waals surface area (Å²) in [5.41, 5.74) is 9.40. The highest BCUT2D eigenvalue weighted by Crippen LogP contribution is 2.35. The fourth-order valence-electron chi connectivity index (χ4n) is 3.09. The molecular weight excluding hydrogens is 314 g/mol. The number of fused-ring (bicyclic) bond motifs is 1. The van der Waals surface area contributed by atoms with Gasteiger partial charge in [0, 0.05) is 5.56 Å². The van der Waals surface area contributed by atoms with Gasteiger partial charge in [-0.3, -0.25) is 4.79 Å². The van der Waals surface area contributed by atoms with Gasteiger partial charge in [-0.05, 0) is 36.2 Å². The minimum absolute atomic E-state index is 0.0804. The lowest BCUT2D eigenvalue weighted by molar-refractivity contribution is -0.117. The van der Waals surface area contributed by atoms with E-state index in [0.29, 0.717) is 23.6 Å². The molecule has 0 aliphatic carbocycles. The number of nitrogens with zero attached hydrogens (tertiary/aromatic N) is 3. The van der Waals surface area contributed by atoms with Crippen molar-refractivity contribution >= 4 is 17.5 Å². The quantitative estimate of drug-likeness (QED) is 0.755. The minimum atomic E-state index is -0.283. The second-order valence-corrected chi connectivity index (χ2v) is 5.94. The zero-order valence-electron chi connectivity index (χ0n) is 13.3. The predicted octanol–water partition coefficient (Wildman–Crippen LogP) is 2.60. The molecule has 0 bridgehead atoms. The number of amides is 1. The second kappa shape index (κ2) is 5.80. The molecule has 25 heavy (non-hydrogen) atoms. The molecule has 3 aromatic rings. The van der Waals surface area contributed by atoms with E-state index in [2.05, 4.69) is 16.5 Å². The highest BCUT2D eigenvalue weighted by Gasteiger charge is 2.32. The number of anilines is 2. The molecule has 2 heterocycles. The minimum Gasteiger partial charge on any atom is -0.383 e. The molecular formula is C19H15N5O. The van der Waals surface area contributed by atoms with Gasteiger partial charge in [-0.15, -0.1) is 5.10 Å². The van der Waals surface area contributed by atoms with Crippen LogP contribution in [0.5, 0.6) is 0 Å². The maximum absolute atomic E-state index is 12.5. The molecule has 0 saturated heterocycles. The highest BCUT2D eigenvalue weighted by molar-refractivity contribution is 5.99. The highest BCUT2D eigenvalue weighted by atomic mass is 16.2. The molecule has 1 atom stereocenters. The van der Waals surface area contributed by atoms with Crippen molar-refractivity contribution in [3.63, 3.8) is 0 Å².